The molecule has 0 saturated carbocycles. The molecule has 3 N–H and O–H groups in total. The molecule has 0 amide bonds. The number of halogens is 1. The molecule has 4 nitrogen and oxygen atoms in total. The molecule has 0 bridgehead atoms. The predicted octanol–water partition coefficient (Wildman–Crippen LogP) is 2.18. The zero-order valence-corrected chi connectivity index (χ0v) is 12.2. The highest BCUT2D eigenvalue weighted by molar-refractivity contribution is 5.30. The molecule has 20 heavy (non-hydrogen) atoms. The van der Waals surface area contributed by atoms with Crippen molar-refractivity contribution in [3.05, 3.63) is 52.6 Å². The van der Waals surface area contributed by atoms with E-state index in [2.05, 4.69) is 17.4 Å². The van der Waals surface area contributed by atoms with Crippen molar-refractivity contribution in [3.63, 3.8) is 0 Å². The molecule has 2 aromatic rings. The van der Waals surface area contributed by atoms with Crippen molar-refractivity contribution < 1.29 is 4.39 Å². The minimum absolute atomic E-state index is 0.0702. The van der Waals surface area contributed by atoms with Gasteiger partial charge in [-0.05, 0) is 43.0 Å². The predicted molar refractivity (Wildman–Crippen MR) is 77.5 cm³/mol. The number of nitrogens with two attached hydrogens (primary N) is 1. The average molecular weight is 276 g/mol. The third-order valence-electron chi connectivity index (χ3n) is 3.58. The molecular weight excluding hydrogens is 255 g/mol. The van der Waals surface area contributed by atoms with E-state index in [0.29, 0.717) is 6.42 Å². The molecule has 0 fully saturated rings. The van der Waals surface area contributed by atoms with Crippen molar-refractivity contribution in [2.75, 3.05) is 0 Å². The monoisotopic (exact) mass is 276 g/mol. The Balaban J connectivity index is 2.30. The number of hydrogen-bond acceptors (Lipinski definition) is 3. The SMILES string of the molecule is CCc1nn(C)cc1C(Cc1cc(F)ccc1C)NN. The summed E-state index contributed by atoms with van der Waals surface area (Å²) >= 11 is 0. The lowest BCUT2D eigenvalue weighted by Crippen LogP contribution is -2.30. The van der Waals surface area contributed by atoms with Gasteiger partial charge in [0.1, 0.15) is 5.82 Å². The van der Waals surface area contributed by atoms with Crippen LogP contribution in [0.4, 0.5) is 4.39 Å². The zero-order valence-electron chi connectivity index (χ0n) is 12.2. The second-order valence-corrected chi connectivity index (χ2v) is 5.05. The minimum Gasteiger partial charge on any atom is -0.275 e. The fourth-order valence-corrected chi connectivity index (χ4v) is 2.46. The molecular formula is C15H21FN4. The first-order valence-electron chi connectivity index (χ1n) is 6.78. The number of aromatic nitrogens is 2. The number of hydrogen-bond donors (Lipinski definition) is 2. The largest absolute Gasteiger partial charge is 0.275 e. The molecule has 5 heteroatoms. The third-order valence-corrected chi connectivity index (χ3v) is 3.58. The lowest BCUT2D eigenvalue weighted by atomic mass is 9.96. The standard InChI is InChI=1S/C15H21FN4/c1-4-14-13(9-20(3)19-14)15(18-17)8-11-7-12(16)6-5-10(11)2/h5-7,9,15,18H,4,8,17H2,1-3H3. The van der Waals surface area contributed by atoms with Gasteiger partial charge in [-0.1, -0.05) is 13.0 Å². The summed E-state index contributed by atoms with van der Waals surface area (Å²) < 4.78 is 15.2. The number of hydrazine groups is 1. The third kappa shape index (κ3) is 3.05. The summed E-state index contributed by atoms with van der Waals surface area (Å²) in [5, 5.41) is 4.43. The van der Waals surface area contributed by atoms with Crippen LogP contribution in [0.1, 0.15) is 35.3 Å². The lowest BCUT2D eigenvalue weighted by molar-refractivity contribution is 0.543. The van der Waals surface area contributed by atoms with E-state index in [1.807, 2.05) is 20.2 Å². The molecule has 0 aliphatic heterocycles. The van der Waals surface area contributed by atoms with Crippen LogP contribution in [0.3, 0.4) is 0 Å². The fourth-order valence-electron chi connectivity index (χ4n) is 2.46. The Kier molecular flexibility index (Phi) is 4.52. The Hall–Kier alpha value is -1.72. The normalized spacial score (nSPS) is 12.7. The van der Waals surface area contributed by atoms with Crippen LogP contribution in [0.15, 0.2) is 24.4 Å². The maximum atomic E-state index is 13.4. The van der Waals surface area contributed by atoms with Crippen LogP contribution in [-0.4, -0.2) is 9.78 Å². The molecule has 108 valence electrons. The number of benzene rings is 1. The summed E-state index contributed by atoms with van der Waals surface area (Å²) in [5.74, 6) is 5.47. The highest BCUT2D eigenvalue weighted by Gasteiger charge is 2.18. The van der Waals surface area contributed by atoms with Crippen molar-refractivity contribution in [2.45, 2.75) is 32.7 Å². The van der Waals surface area contributed by atoms with E-state index in [1.54, 1.807) is 16.8 Å². The smallest absolute Gasteiger partial charge is 0.123 e. The van der Waals surface area contributed by atoms with Gasteiger partial charge < -0.3 is 0 Å². The van der Waals surface area contributed by atoms with Gasteiger partial charge in [-0.2, -0.15) is 5.10 Å². The van der Waals surface area contributed by atoms with Crippen molar-refractivity contribution in [1.82, 2.24) is 15.2 Å². The van der Waals surface area contributed by atoms with Gasteiger partial charge in [-0.25, -0.2) is 4.39 Å². The number of nitrogens with one attached hydrogen (secondary N) is 1. The van der Waals surface area contributed by atoms with E-state index in [0.717, 1.165) is 28.8 Å². The summed E-state index contributed by atoms with van der Waals surface area (Å²) in [6.07, 6.45) is 3.45. The molecule has 1 unspecified atom stereocenters. The summed E-state index contributed by atoms with van der Waals surface area (Å²) in [6.45, 7) is 4.04. The Morgan fingerprint density at radius 3 is 2.85 bits per heavy atom. The zero-order chi connectivity index (χ0) is 14.7. The first kappa shape index (κ1) is 14.7. The summed E-state index contributed by atoms with van der Waals surface area (Å²) in [6, 6.07) is 4.77. The first-order valence-corrected chi connectivity index (χ1v) is 6.78. The Morgan fingerprint density at radius 2 is 2.20 bits per heavy atom. The quantitative estimate of drug-likeness (QED) is 0.650. The Morgan fingerprint density at radius 1 is 1.45 bits per heavy atom. The van der Waals surface area contributed by atoms with Gasteiger partial charge in [-0.15, -0.1) is 0 Å². The van der Waals surface area contributed by atoms with E-state index < -0.39 is 0 Å². The van der Waals surface area contributed by atoms with Crippen molar-refractivity contribution >= 4 is 0 Å². The highest BCUT2D eigenvalue weighted by Crippen LogP contribution is 2.23. The van der Waals surface area contributed by atoms with E-state index in [1.165, 1.54) is 6.07 Å². The summed E-state index contributed by atoms with van der Waals surface area (Å²) in [4.78, 5) is 0. The van der Waals surface area contributed by atoms with Gasteiger partial charge in [-0.3, -0.25) is 16.0 Å². The van der Waals surface area contributed by atoms with E-state index in [4.69, 9.17) is 5.84 Å². The number of aryl methyl sites for hydroxylation is 3. The van der Waals surface area contributed by atoms with Crippen LogP contribution in [0.25, 0.3) is 0 Å². The topological polar surface area (TPSA) is 55.9 Å². The molecule has 0 saturated heterocycles. The van der Waals surface area contributed by atoms with Gasteiger partial charge in [0.2, 0.25) is 0 Å². The van der Waals surface area contributed by atoms with Gasteiger partial charge in [0.15, 0.2) is 0 Å². The Bertz CT molecular complexity index is 592. The van der Waals surface area contributed by atoms with Gasteiger partial charge in [0, 0.05) is 18.8 Å². The maximum Gasteiger partial charge on any atom is 0.123 e. The lowest BCUT2D eigenvalue weighted by Gasteiger charge is -2.17. The minimum atomic E-state index is -0.219. The van der Waals surface area contributed by atoms with Gasteiger partial charge in [0.05, 0.1) is 11.7 Å². The van der Waals surface area contributed by atoms with Crippen molar-refractivity contribution in [2.24, 2.45) is 12.9 Å². The van der Waals surface area contributed by atoms with Crippen LogP contribution in [0.5, 0.6) is 0 Å². The van der Waals surface area contributed by atoms with Crippen molar-refractivity contribution in [3.8, 4) is 0 Å². The van der Waals surface area contributed by atoms with Crippen LogP contribution in [-0.2, 0) is 19.9 Å². The number of nitrogens with zero attached hydrogens (tertiary/aromatic N) is 2. The Labute approximate surface area is 118 Å². The van der Waals surface area contributed by atoms with Crippen LogP contribution < -0.4 is 11.3 Å². The number of rotatable bonds is 5. The van der Waals surface area contributed by atoms with Crippen LogP contribution >= 0.6 is 0 Å². The van der Waals surface area contributed by atoms with Gasteiger partial charge >= 0.3 is 0 Å². The molecule has 0 aliphatic carbocycles. The second kappa shape index (κ2) is 6.15. The molecule has 2 rings (SSSR count). The molecule has 0 radical (unpaired) electrons. The molecule has 0 aliphatic rings. The average Bonchev–Trinajstić information content (AvgIpc) is 2.80. The first-order chi connectivity index (χ1) is 9.55. The van der Waals surface area contributed by atoms with Gasteiger partial charge in [0.25, 0.3) is 0 Å². The maximum absolute atomic E-state index is 13.4. The van der Waals surface area contributed by atoms with Crippen molar-refractivity contribution in [1.29, 1.82) is 0 Å². The summed E-state index contributed by atoms with van der Waals surface area (Å²) in [5.41, 5.74) is 6.94. The molecule has 0 spiro atoms. The van der Waals surface area contributed by atoms with E-state index in [9.17, 15) is 4.39 Å². The summed E-state index contributed by atoms with van der Waals surface area (Å²) in [7, 11) is 1.89. The molecule has 1 heterocycles. The molecule has 1 atom stereocenters. The van der Waals surface area contributed by atoms with Crippen LogP contribution in [0.2, 0.25) is 0 Å². The van der Waals surface area contributed by atoms with Crippen LogP contribution in [0, 0.1) is 12.7 Å². The van der Waals surface area contributed by atoms with E-state index in [-0.39, 0.29) is 11.9 Å². The fraction of sp³-hybridized carbons (Fsp3) is 0.400. The molecule has 1 aromatic heterocycles. The second-order valence-electron chi connectivity index (χ2n) is 5.05. The van der Waals surface area contributed by atoms with E-state index >= 15 is 0 Å². The highest BCUT2D eigenvalue weighted by atomic mass is 19.1. The molecule has 1 aromatic carbocycles.